The van der Waals surface area contributed by atoms with Gasteiger partial charge in [-0.2, -0.15) is 0 Å². The second-order valence-electron chi connectivity index (χ2n) is 4.61. The Bertz CT molecular complexity index is 559. The van der Waals surface area contributed by atoms with Crippen LogP contribution in [0.5, 0.6) is 0 Å². The zero-order valence-electron chi connectivity index (χ0n) is 11.3. The van der Waals surface area contributed by atoms with Gasteiger partial charge >= 0.3 is 0 Å². The first-order chi connectivity index (χ1) is 8.58. The molecular formula is C16H18S2. The van der Waals surface area contributed by atoms with Crippen molar-refractivity contribution in [1.82, 2.24) is 0 Å². The van der Waals surface area contributed by atoms with Crippen molar-refractivity contribution in [1.29, 1.82) is 0 Å². The first-order valence-corrected chi connectivity index (χ1v) is 8.21. The number of rotatable bonds is 3. The van der Waals surface area contributed by atoms with Crippen LogP contribution in [0.15, 0.2) is 46.2 Å². The van der Waals surface area contributed by atoms with Gasteiger partial charge in [-0.15, -0.1) is 0 Å². The van der Waals surface area contributed by atoms with Crippen LogP contribution in [0.1, 0.15) is 22.3 Å². The Morgan fingerprint density at radius 1 is 0.722 bits per heavy atom. The van der Waals surface area contributed by atoms with Gasteiger partial charge < -0.3 is 0 Å². The molecule has 0 atom stereocenters. The van der Waals surface area contributed by atoms with Crippen LogP contribution in [0.3, 0.4) is 0 Å². The smallest absolute Gasteiger partial charge is 0.0218 e. The van der Waals surface area contributed by atoms with Gasteiger partial charge in [-0.3, -0.25) is 0 Å². The van der Waals surface area contributed by atoms with Crippen molar-refractivity contribution in [3.8, 4) is 0 Å². The first-order valence-electron chi connectivity index (χ1n) is 6.06. The summed E-state index contributed by atoms with van der Waals surface area (Å²) in [5.74, 6) is 0. The molecule has 0 nitrogen and oxygen atoms in total. The van der Waals surface area contributed by atoms with E-state index in [0.717, 1.165) is 0 Å². The van der Waals surface area contributed by atoms with E-state index in [1.54, 1.807) is 0 Å². The van der Waals surface area contributed by atoms with Crippen molar-refractivity contribution >= 4 is 21.6 Å². The first kappa shape index (κ1) is 13.6. The van der Waals surface area contributed by atoms with Gasteiger partial charge in [0, 0.05) is 9.79 Å². The fourth-order valence-electron chi connectivity index (χ4n) is 1.67. The third-order valence-electron chi connectivity index (χ3n) is 3.26. The Balaban J connectivity index is 2.11. The second-order valence-corrected chi connectivity index (χ2v) is 6.86. The molecule has 94 valence electrons. The summed E-state index contributed by atoms with van der Waals surface area (Å²) in [6.07, 6.45) is 0. The van der Waals surface area contributed by atoms with Crippen LogP contribution in [-0.4, -0.2) is 0 Å². The van der Waals surface area contributed by atoms with E-state index in [-0.39, 0.29) is 0 Å². The standard InChI is InChI=1S/C16H18S2/c1-11-8-9-15(10-13(11)3)17-18-16-7-5-6-12(2)14(16)4/h5-10H,1-4H3. The lowest BCUT2D eigenvalue weighted by atomic mass is 10.1. The van der Waals surface area contributed by atoms with Crippen LogP contribution in [0, 0.1) is 27.7 Å². The molecule has 0 saturated carbocycles. The van der Waals surface area contributed by atoms with E-state index in [9.17, 15) is 0 Å². The summed E-state index contributed by atoms with van der Waals surface area (Å²) in [6, 6.07) is 13.2. The lowest BCUT2D eigenvalue weighted by Gasteiger charge is -2.08. The van der Waals surface area contributed by atoms with E-state index < -0.39 is 0 Å². The third kappa shape index (κ3) is 3.12. The number of hydrogen-bond acceptors (Lipinski definition) is 2. The van der Waals surface area contributed by atoms with Gasteiger partial charge in [0.2, 0.25) is 0 Å². The van der Waals surface area contributed by atoms with E-state index in [1.165, 1.54) is 32.0 Å². The van der Waals surface area contributed by atoms with Crippen LogP contribution in [-0.2, 0) is 0 Å². The maximum absolute atomic E-state index is 2.26. The van der Waals surface area contributed by atoms with Crippen molar-refractivity contribution < 1.29 is 0 Å². The van der Waals surface area contributed by atoms with Crippen LogP contribution >= 0.6 is 21.6 Å². The lowest BCUT2D eigenvalue weighted by Crippen LogP contribution is -1.83. The van der Waals surface area contributed by atoms with Gasteiger partial charge in [-0.1, -0.05) is 39.8 Å². The SMILES string of the molecule is Cc1ccc(SSc2cccc(C)c2C)cc1C. The highest BCUT2D eigenvalue weighted by Gasteiger charge is 2.03. The molecule has 0 heterocycles. The minimum Gasteiger partial charge on any atom is -0.0608 e. The second kappa shape index (κ2) is 5.85. The topological polar surface area (TPSA) is 0 Å². The predicted molar refractivity (Wildman–Crippen MR) is 83.5 cm³/mol. The normalized spacial score (nSPS) is 10.7. The zero-order chi connectivity index (χ0) is 13.1. The molecule has 0 unspecified atom stereocenters. The molecule has 2 heteroatoms. The van der Waals surface area contributed by atoms with E-state index in [1.807, 2.05) is 21.6 Å². The van der Waals surface area contributed by atoms with Crippen molar-refractivity contribution in [3.63, 3.8) is 0 Å². The van der Waals surface area contributed by atoms with Gasteiger partial charge in [0.05, 0.1) is 0 Å². The Labute approximate surface area is 118 Å². The van der Waals surface area contributed by atoms with E-state index in [4.69, 9.17) is 0 Å². The molecule has 0 N–H and O–H groups in total. The van der Waals surface area contributed by atoms with Crippen molar-refractivity contribution in [2.75, 3.05) is 0 Å². The monoisotopic (exact) mass is 274 g/mol. The Morgan fingerprint density at radius 2 is 1.50 bits per heavy atom. The maximum atomic E-state index is 2.26. The molecule has 0 spiro atoms. The van der Waals surface area contributed by atoms with Gasteiger partial charge in [0.25, 0.3) is 0 Å². The molecule has 0 radical (unpaired) electrons. The van der Waals surface area contributed by atoms with E-state index in [0.29, 0.717) is 0 Å². The molecule has 2 rings (SSSR count). The number of benzene rings is 2. The molecule has 0 aromatic heterocycles. The fraction of sp³-hybridized carbons (Fsp3) is 0.250. The summed E-state index contributed by atoms with van der Waals surface area (Å²) in [4.78, 5) is 2.68. The van der Waals surface area contributed by atoms with Gasteiger partial charge in [-0.25, -0.2) is 0 Å². The molecule has 0 aliphatic rings. The van der Waals surface area contributed by atoms with E-state index in [2.05, 4.69) is 64.1 Å². The lowest BCUT2D eigenvalue weighted by molar-refractivity contribution is 1.23. The predicted octanol–water partition coefficient (Wildman–Crippen LogP) is 5.72. The molecule has 0 bridgehead atoms. The van der Waals surface area contributed by atoms with Crippen LogP contribution < -0.4 is 0 Å². The fourth-order valence-corrected chi connectivity index (χ4v) is 4.04. The molecule has 18 heavy (non-hydrogen) atoms. The average Bonchev–Trinajstić information content (AvgIpc) is 2.35. The third-order valence-corrected chi connectivity index (χ3v) is 5.78. The highest BCUT2D eigenvalue weighted by molar-refractivity contribution is 8.76. The van der Waals surface area contributed by atoms with Crippen LogP contribution in [0.25, 0.3) is 0 Å². The minimum absolute atomic E-state index is 1.32. The quantitative estimate of drug-likeness (QED) is 0.656. The van der Waals surface area contributed by atoms with E-state index >= 15 is 0 Å². The summed E-state index contributed by atoms with van der Waals surface area (Å²) in [5.41, 5.74) is 5.47. The van der Waals surface area contributed by atoms with Crippen molar-refractivity contribution in [3.05, 3.63) is 58.7 Å². The van der Waals surface area contributed by atoms with Gasteiger partial charge in [-0.05, 0) is 68.1 Å². The summed E-state index contributed by atoms with van der Waals surface area (Å²) in [6.45, 7) is 8.68. The molecular weight excluding hydrogens is 256 g/mol. The van der Waals surface area contributed by atoms with Crippen molar-refractivity contribution in [2.45, 2.75) is 37.5 Å². The van der Waals surface area contributed by atoms with Crippen LogP contribution in [0.2, 0.25) is 0 Å². The number of hydrogen-bond donors (Lipinski definition) is 0. The molecule has 0 aliphatic carbocycles. The maximum Gasteiger partial charge on any atom is 0.0218 e. The Morgan fingerprint density at radius 3 is 2.22 bits per heavy atom. The summed E-state index contributed by atoms with van der Waals surface area (Å²) < 4.78 is 0. The molecule has 2 aromatic carbocycles. The largest absolute Gasteiger partial charge is 0.0608 e. The summed E-state index contributed by atoms with van der Waals surface area (Å²) in [5, 5.41) is 0. The van der Waals surface area contributed by atoms with Crippen LogP contribution in [0.4, 0.5) is 0 Å². The van der Waals surface area contributed by atoms with Crippen molar-refractivity contribution in [2.24, 2.45) is 0 Å². The Kier molecular flexibility index (Phi) is 4.41. The van der Waals surface area contributed by atoms with Gasteiger partial charge in [0.15, 0.2) is 0 Å². The molecule has 0 fully saturated rings. The summed E-state index contributed by atoms with van der Waals surface area (Å²) >= 11 is 0. The molecule has 2 aromatic rings. The highest BCUT2D eigenvalue weighted by atomic mass is 33.1. The summed E-state index contributed by atoms with van der Waals surface area (Å²) in [7, 11) is 3.68. The average molecular weight is 274 g/mol. The Hall–Kier alpha value is -0.860. The molecule has 0 amide bonds. The zero-order valence-corrected chi connectivity index (χ0v) is 12.9. The highest BCUT2D eigenvalue weighted by Crippen LogP contribution is 2.39. The number of aryl methyl sites for hydroxylation is 3. The van der Waals surface area contributed by atoms with Gasteiger partial charge in [0.1, 0.15) is 0 Å². The molecule has 0 saturated heterocycles. The molecule has 0 aliphatic heterocycles. The minimum atomic E-state index is 1.32.